The van der Waals surface area contributed by atoms with E-state index in [-0.39, 0.29) is 66.7 Å². The lowest BCUT2D eigenvalue weighted by Crippen LogP contribution is -2.34. The summed E-state index contributed by atoms with van der Waals surface area (Å²) in [6.45, 7) is 3.73. The summed E-state index contributed by atoms with van der Waals surface area (Å²) >= 11 is 0. The van der Waals surface area contributed by atoms with Crippen LogP contribution in [0.1, 0.15) is 57.9 Å². The molecule has 3 rings (SSSR count). The lowest BCUT2D eigenvalue weighted by atomic mass is 10.1. The highest BCUT2D eigenvalue weighted by Crippen LogP contribution is 2.17. The molecule has 0 aliphatic carbocycles. The quantitative estimate of drug-likeness (QED) is 0.0445. The van der Waals surface area contributed by atoms with Gasteiger partial charge in [0.05, 0.1) is 6.42 Å². The number of carboxylic acids is 5. The van der Waals surface area contributed by atoms with E-state index in [1.807, 2.05) is 0 Å². The SMILES string of the molecule is C[C@H](Nc1nc(NCCCCCNC(=O)CCCNc2nc(N[C@@H](CC(=O)O)C(=O)O)nc(N[C@@H](Cc3ccc(O)cc3)C(=O)O)n2)nc(N[C@@H](C)C(=O)O)n1)C(=O)O. The zero-order chi connectivity index (χ0) is 43.5. The third-order valence-electron chi connectivity index (χ3n) is 7.98. The maximum absolute atomic E-state index is 12.5. The number of benzene rings is 1. The second-order valence-corrected chi connectivity index (χ2v) is 12.9. The predicted octanol–water partition coefficient (Wildman–Crippen LogP) is 0.571. The first-order valence-corrected chi connectivity index (χ1v) is 18.2. The van der Waals surface area contributed by atoms with Crippen LogP contribution in [0.25, 0.3) is 0 Å². The Hall–Kier alpha value is -7.34. The molecule has 13 N–H and O–H groups in total. The molecule has 1 amide bonds. The first-order chi connectivity index (χ1) is 28.0. The van der Waals surface area contributed by atoms with Gasteiger partial charge in [-0.2, -0.15) is 29.9 Å². The summed E-state index contributed by atoms with van der Waals surface area (Å²) in [5.41, 5.74) is 0.560. The van der Waals surface area contributed by atoms with Gasteiger partial charge in [0, 0.05) is 32.5 Å². The zero-order valence-electron chi connectivity index (χ0n) is 32.0. The zero-order valence-corrected chi connectivity index (χ0v) is 32.0. The van der Waals surface area contributed by atoms with Gasteiger partial charge in [-0.15, -0.1) is 0 Å². The summed E-state index contributed by atoms with van der Waals surface area (Å²) in [6, 6.07) is 0.897. The molecule has 25 heteroatoms. The number of nitrogens with one attached hydrogen (secondary N) is 7. The fourth-order valence-corrected chi connectivity index (χ4v) is 4.83. The molecule has 0 aliphatic rings. The first-order valence-electron chi connectivity index (χ1n) is 18.2. The van der Waals surface area contributed by atoms with Crippen molar-refractivity contribution in [3.05, 3.63) is 29.8 Å². The molecule has 0 unspecified atom stereocenters. The molecule has 3 aromatic rings. The molecule has 59 heavy (non-hydrogen) atoms. The van der Waals surface area contributed by atoms with Crippen LogP contribution in [0, 0.1) is 0 Å². The maximum Gasteiger partial charge on any atom is 0.326 e. The van der Waals surface area contributed by atoms with Gasteiger partial charge in [0.2, 0.25) is 41.6 Å². The number of aromatic hydroxyl groups is 1. The number of nitrogens with zero attached hydrogens (tertiary/aromatic N) is 6. The second-order valence-electron chi connectivity index (χ2n) is 12.9. The fraction of sp³-hybridized carbons (Fsp3) is 0.471. The minimum atomic E-state index is -1.63. The Morgan fingerprint density at radius 3 is 1.46 bits per heavy atom. The van der Waals surface area contributed by atoms with Crippen molar-refractivity contribution < 1.29 is 59.4 Å². The van der Waals surface area contributed by atoms with Crippen molar-refractivity contribution in [2.45, 2.75) is 83.0 Å². The van der Waals surface area contributed by atoms with Gasteiger partial charge < -0.3 is 67.9 Å². The Bertz CT molecular complexity index is 1880. The minimum absolute atomic E-state index is 0.00869. The number of aromatic nitrogens is 6. The van der Waals surface area contributed by atoms with Crippen LogP contribution in [0.4, 0.5) is 35.7 Å². The van der Waals surface area contributed by atoms with Gasteiger partial charge in [-0.3, -0.25) is 19.2 Å². The highest BCUT2D eigenvalue weighted by molar-refractivity contribution is 5.83. The molecule has 0 saturated heterocycles. The number of phenolic OH excluding ortho intramolecular Hbond substituents is 1. The number of unbranched alkanes of at least 4 members (excludes halogenated alkanes) is 2. The summed E-state index contributed by atoms with van der Waals surface area (Å²) in [5, 5.41) is 75.4. The van der Waals surface area contributed by atoms with Crippen molar-refractivity contribution in [3.8, 4) is 5.75 Å². The monoisotopic (exact) mass is 829 g/mol. The van der Waals surface area contributed by atoms with Gasteiger partial charge in [0.1, 0.15) is 29.9 Å². The van der Waals surface area contributed by atoms with E-state index in [9.17, 15) is 54.3 Å². The Kier molecular flexibility index (Phi) is 18.0. The Balaban J connectivity index is 1.49. The summed E-state index contributed by atoms with van der Waals surface area (Å²) in [6.07, 6.45) is 1.51. The summed E-state index contributed by atoms with van der Waals surface area (Å²) < 4.78 is 0. The standard InChI is InChI=1S/C34H47N13O12/c1-17(25(52)53)38-31-42-29(43-32(46-31)39-18(2)26(54)55)36-13-5-3-4-12-35-23(49)7-6-14-37-30-44-33(47-34(45-30)41-22(28(58)59)16-24(50)51)40-21(27(56)57)15-19-8-10-20(48)11-9-19/h8-11,17-18,21-22,48H,3-7,12-16H2,1-2H3,(H,35,49)(H,50,51)(H,52,53)(H,54,55)(H,56,57)(H,58,59)(H3,36,38,39,42,43,46)(H3,37,40,41,44,45,47)/t17-,18-,21-,22-/m0/s1. The number of hydrogen-bond acceptors (Lipinski definition) is 19. The van der Waals surface area contributed by atoms with Crippen molar-refractivity contribution in [1.82, 2.24) is 35.2 Å². The van der Waals surface area contributed by atoms with E-state index in [2.05, 4.69) is 67.1 Å². The lowest BCUT2D eigenvalue weighted by Gasteiger charge is -2.17. The van der Waals surface area contributed by atoms with Crippen molar-refractivity contribution in [2.24, 2.45) is 0 Å². The van der Waals surface area contributed by atoms with Crippen LogP contribution in [0.3, 0.4) is 0 Å². The number of phenols is 1. The third kappa shape index (κ3) is 17.1. The van der Waals surface area contributed by atoms with E-state index in [0.717, 1.165) is 0 Å². The maximum atomic E-state index is 12.5. The number of carboxylic acid groups (broad SMARTS) is 5. The van der Waals surface area contributed by atoms with Crippen molar-refractivity contribution in [2.75, 3.05) is 51.5 Å². The molecule has 0 fully saturated rings. The number of anilines is 6. The summed E-state index contributed by atoms with van der Waals surface area (Å²) in [5.74, 6) is -7.48. The van der Waals surface area contributed by atoms with Gasteiger partial charge in [-0.25, -0.2) is 9.59 Å². The van der Waals surface area contributed by atoms with Crippen LogP contribution in [-0.2, 0) is 35.2 Å². The van der Waals surface area contributed by atoms with Gasteiger partial charge in [-0.05, 0) is 57.2 Å². The Morgan fingerprint density at radius 2 is 0.983 bits per heavy atom. The van der Waals surface area contributed by atoms with Crippen LogP contribution >= 0.6 is 0 Å². The van der Waals surface area contributed by atoms with Crippen molar-refractivity contribution in [1.29, 1.82) is 0 Å². The number of carbonyl (C=O) groups is 6. The average molecular weight is 830 g/mol. The normalized spacial score (nSPS) is 12.8. The van der Waals surface area contributed by atoms with E-state index in [0.29, 0.717) is 44.3 Å². The average Bonchev–Trinajstić information content (AvgIpc) is 3.16. The molecule has 2 aromatic heterocycles. The van der Waals surface area contributed by atoms with E-state index in [1.165, 1.54) is 38.1 Å². The van der Waals surface area contributed by atoms with Crippen LogP contribution < -0.4 is 37.2 Å². The minimum Gasteiger partial charge on any atom is -0.508 e. The molecule has 4 atom stereocenters. The predicted molar refractivity (Wildman–Crippen MR) is 208 cm³/mol. The highest BCUT2D eigenvalue weighted by Gasteiger charge is 2.25. The number of amides is 1. The van der Waals surface area contributed by atoms with Gasteiger partial charge in [0.15, 0.2) is 0 Å². The molecule has 0 saturated carbocycles. The Labute approximate surface area is 335 Å². The molecule has 2 heterocycles. The smallest absolute Gasteiger partial charge is 0.326 e. The molecule has 0 radical (unpaired) electrons. The van der Waals surface area contributed by atoms with Crippen LogP contribution in [0.15, 0.2) is 24.3 Å². The van der Waals surface area contributed by atoms with E-state index in [1.54, 1.807) is 0 Å². The fourth-order valence-electron chi connectivity index (χ4n) is 4.83. The highest BCUT2D eigenvalue weighted by atomic mass is 16.4. The number of hydrogen-bond donors (Lipinski definition) is 13. The molecule has 1 aromatic carbocycles. The molecule has 320 valence electrons. The first kappa shape index (κ1) is 46.0. The lowest BCUT2D eigenvalue weighted by molar-refractivity contribution is -0.144. The number of aliphatic carboxylic acids is 5. The molecular weight excluding hydrogens is 782 g/mol. The molecular formula is C34H47N13O12. The molecule has 0 bridgehead atoms. The van der Waals surface area contributed by atoms with Crippen LogP contribution in [0.5, 0.6) is 5.75 Å². The summed E-state index contributed by atoms with van der Waals surface area (Å²) in [7, 11) is 0. The van der Waals surface area contributed by atoms with E-state index in [4.69, 9.17) is 5.11 Å². The number of rotatable bonds is 28. The van der Waals surface area contributed by atoms with Gasteiger partial charge in [-0.1, -0.05) is 12.1 Å². The topological polar surface area (TPSA) is 385 Å². The largest absolute Gasteiger partial charge is 0.508 e. The van der Waals surface area contributed by atoms with Crippen LogP contribution in [-0.4, -0.2) is 140 Å². The Morgan fingerprint density at radius 1 is 0.542 bits per heavy atom. The number of carbonyl (C=O) groups excluding carboxylic acids is 1. The molecule has 0 spiro atoms. The van der Waals surface area contributed by atoms with Crippen molar-refractivity contribution in [3.63, 3.8) is 0 Å². The molecule has 25 nitrogen and oxygen atoms in total. The van der Waals surface area contributed by atoms with Crippen molar-refractivity contribution >= 4 is 71.4 Å². The molecule has 0 aliphatic heterocycles. The second kappa shape index (κ2) is 23.0. The van der Waals surface area contributed by atoms with Gasteiger partial charge in [0.25, 0.3) is 0 Å². The summed E-state index contributed by atoms with van der Waals surface area (Å²) in [4.78, 5) is 94.6. The van der Waals surface area contributed by atoms with E-state index >= 15 is 0 Å². The van der Waals surface area contributed by atoms with Crippen LogP contribution in [0.2, 0.25) is 0 Å². The van der Waals surface area contributed by atoms with Gasteiger partial charge >= 0.3 is 29.8 Å². The van der Waals surface area contributed by atoms with E-state index < -0.39 is 60.4 Å². The third-order valence-corrected chi connectivity index (χ3v) is 7.98.